The molecule has 4 rings (SSSR count). The van der Waals surface area contributed by atoms with Crippen LogP contribution in [0.2, 0.25) is 0 Å². The van der Waals surface area contributed by atoms with Crippen LogP contribution in [0.15, 0.2) is 27.4 Å². The molecule has 0 atom stereocenters. The molecule has 0 amide bonds. The first-order chi connectivity index (χ1) is 14.0. The lowest BCUT2D eigenvalue weighted by Crippen LogP contribution is -2.11. The fraction of sp³-hybridized carbons (Fsp3) is 0.565. The Balaban J connectivity index is 1.70. The summed E-state index contributed by atoms with van der Waals surface area (Å²) in [4.78, 5) is 9.24. The van der Waals surface area contributed by atoms with Crippen LogP contribution in [0, 0.1) is 5.92 Å². The van der Waals surface area contributed by atoms with Gasteiger partial charge in [0.25, 0.3) is 0 Å². The van der Waals surface area contributed by atoms with Crippen molar-refractivity contribution in [2.75, 3.05) is 0 Å². The Kier molecular flexibility index (Phi) is 5.79. The van der Waals surface area contributed by atoms with E-state index in [0.29, 0.717) is 35.2 Å². The van der Waals surface area contributed by atoms with E-state index in [1.165, 1.54) is 32.1 Å². The van der Waals surface area contributed by atoms with Gasteiger partial charge in [-0.15, -0.1) is 10.2 Å². The third-order valence-electron chi connectivity index (χ3n) is 5.75. The summed E-state index contributed by atoms with van der Waals surface area (Å²) in [6.45, 7) is 8.40. The summed E-state index contributed by atoms with van der Waals surface area (Å²) in [5.41, 5.74) is 4.38. The van der Waals surface area contributed by atoms with Gasteiger partial charge in [0, 0.05) is 0 Å². The van der Waals surface area contributed by atoms with Gasteiger partial charge in [-0.2, -0.15) is 0 Å². The number of hydrogen-bond donors (Lipinski definition) is 0. The van der Waals surface area contributed by atoms with Gasteiger partial charge in [-0.05, 0) is 35.8 Å². The highest BCUT2D eigenvalue weighted by Crippen LogP contribution is 2.32. The molecule has 29 heavy (non-hydrogen) atoms. The predicted octanol–water partition coefficient (Wildman–Crippen LogP) is 6.16. The average Bonchev–Trinajstić information content (AvgIpc) is 3.39. The second kappa shape index (κ2) is 8.47. The molecule has 0 aliphatic heterocycles. The lowest BCUT2D eigenvalue weighted by Gasteiger charge is -2.22. The first kappa shape index (κ1) is 19.8. The molecule has 0 bridgehead atoms. The topological polar surface area (TPSA) is 77.8 Å². The number of oxazole rings is 2. The second-order valence-electron chi connectivity index (χ2n) is 8.78. The Hall–Kier alpha value is -2.50. The highest BCUT2D eigenvalue weighted by Gasteiger charge is 2.22. The zero-order valence-corrected chi connectivity index (χ0v) is 17.8. The number of hydrogen-bond acceptors (Lipinski definition) is 6. The molecule has 1 aliphatic carbocycles. The smallest absolute Gasteiger partial charge is 0.247 e. The van der Waals surface area contributed by atoms with Crippen molar-refractivity contribution >= 4 is 0 Å². The minimum Gasteiger partial charge on any atom is -0.443 e. The lowest BCUT2D eigenvalue weighted by atomic mass is 9.84. The molecule has 0 unspecified atom stereocenters. The summed E-state index contributed by atoms with van der Waals surface area (Å²) in [6, 6.07) is 2.06. The minimum absolute atomic E-state index is 0.309. The van der Waals surface area contributed by atoms with Crippen molar-refractivity contribution in [2.24, 2.45) is 5.92 Å². The van der Waals surface area contributed by atoms with Gasteiger partial charge >= 0.3 is 0 Å². The minimum atomic E-state index is 0.309. The van der Waals surface area contributed by atoms with E-state index >= 15 is 0 Å². The van der Waals surface area contributed by atoms with Crippen LogP contribution in [-0.2, 0) is 6.42 Å². The second-order valence-corrected chi connectivity index (χ2v) is 8.78. The Morgan fingerprint density at radius 3 is 2.10 bits per heavy atom. The van der Waals surface area contributed by atoms with E-state index in [1.54, 1.807) is 12.5 Å². The van der Waals surface area contributed by atoms with Crippen LogP contribution < -0.4 is 0 Å². The van der Waals surface area contributed by atoms with Gasteiger partial charge in [-0.3, -0.25) is 0 Å². The zero-order valence-electron chi connectivity index (χ0n) is 17.8. The summed E-state index contributed by atoms with van der Waals surface area (Å²) in [7, 11) is 0. The van der Waals surface area contributed by atoms with Gasteiger partial charge in [0.05, 0.1) is 11.4 Å². The van der Waals surface area contributed by atoms with Gasteiger partial charge in [0.2, 0.25) is 11.8 Å². The van der Waals surface area contributed by atoms with Crippen molar-refractivity contribution in [3.63, 3.8) is 0 Å². The molecule has 0 radical (unpaired) electrons. The number of aromatic nitrogens is 4. The van der Waals surface area contributed by atoms with Crippen LogP contribution in [0.1, 0.15) is 88.6 Å². The van der Waals surface area contributed by atoms with E-state index < -0.39 is 0 Å². The molecule has 1 fully saturated rings. The van der Waals surface area contributed by atoms with Crippen molar-refractivity contribution in [1.82, 2.24) is 20.2 Å². The molecule has 0 aromatic carbocycles. The maximum Gasteiger partial charge on any atom is 0.247 e. The van der Waals surface area contributed by atoms with Crippen molar-refractivity contribution in [2.45, 2.75) is 78.1 Å². The molecule has 1 saturated carbocycles. The third-order valence-corrected chi connectivity index (χ3v) is 5.75. The average molecular weight is 395 g/mol. The van der Waals surface area contributed by atoms with E-state index in [2.05, 4.69) is 53.9 Å². The van der Waals surface area contributed by atoms with Gasteiger partial charge in [0.1, 0.15) is 18.2 Å². The maximum atomic E-state index is 5.77. The number of nitrogens with zero attached hydrogens (tertiary/aromatic N) is 4. The summed E-state index contributed by atoms with van der Waals surface area (Å²) < 4.78 is 11.5. The largest absolute Gasteiger partial charge is 0.443 e. The first-order valence-corrected chi connectivity index (χ1v) is 10.8. The quantitative estimate of drug-likeness (QED) is 0.498. The molecular formula is C23H30N4O2. The summed E-state index contributed by atoms with van der Waals surface area (Å²) >= 11 is 0. The SMILES string of the molecule is CC(C)c1coc(-c2cc(CC3CCCCC3)c(-c3nc(C(C)C)co3)nn2)n1. The zero-order chi connectivity index (χ0) is 20.4. The Morgan fingerprint density at radius 1 is 0.862 bits per heavy atom. The summed E-state index contributed by atoms with van der Waals surface area (Å²) in [5.74, 6) is 2.35. The van der Waals surface area contributed by atoms with Gasteiger partial charge in [-0.25, -0.2) is 9.97 Å². The van der Waals surface area contributed by atoms with Crippen LogP contribution in [0.25, 0.3) is 23.2 Å². The molecule has 1 aliphatic rings. The molecular weight excluding hydrogens is 364 g/mol. The van der Waals surface area contributed by atoms with Crippen LogP contribution in [0.5, 0.6) is 0 Å². The van der Waals surface area contributed by atoms with Gasteiger partial charge in [0.15, 0.2) is 5.69 Å². The van der Waals surface area contributed by atoms with Crippen LogP contribution in [-0.4, -0.2) is 20.2 Å². The monoisotopic (exact) mass is 394 g/mol. The van der Waals surface area contributed by atoms with Crippen molar-refractivity contribution in [3.8, 4) is 23.2 Å². The van der Waals surface area contributed by atoms with E-state index in [0.717, 1.165) is 29.1 Å². The summed E-state index contributed by atoms with van der Waals surface area (Å²) in [6.07, 6.45) is 10.9. The van der Waals surface area contributed by atoms with Crippen molar-refractivity contribution in [3.05, 3.63) is 35.5 Å². The van der Waals surface area contributed by atoms with Crippen LogP contribution in [0.4, 0.5) is 0 Å². The van der Waals surface area contributed by atoms with E-state index in [-0.39, 0.29) is 0 Å². The maximum absolute atomic E-state index is 5.77. The van der Waals surface area contributed by atoms with Crippen LogP contribution in [0.3, 0.4) is 0 Å². The van der Waals surface area contributed by atoms with Gasteiger partial charge < -0.3 is 8.83 Å². The Bertz CT molecular complexity index is 951. The normalized spacial score (nSPS) is 15.5. The van der Waals surface area contributed by atoms with E-state index in [4.69, 9.17) is 8.83 Å². The molecule has 3 aromatic heterocycles. The molecule has 154 valence electrons. The van der Waals surface area contributed by atoms with E-state index in [9.17, 15) is 0 Å². The van der Waals surface area contributed by atoms with Crippen LogP contribution >= 0.6 is 0 Å². The highest BCUT2D eigenvalue weighted by molar-refractivity contribution is 5.58. The first-order valence-electron chi connectivity index (χ1n) is 10.8. The molecule has 0 saturated heterocycles. The fourth-order valence-corrected chi connectivity index (χ4v) is 3.90. The van der Waals surface area contributed by atoms with Crippen molar-refractivity contribution in [1.29, 1.82) is 0 Å². The summed E-state index contributed by atoms with van der Waals surface area (Å²) in [5, 5.41) is 8.91. The third kappa shape index (κ3) is 4.41. The van der Waals surface area contributed by atoms with E-state index in [1.807, 2.05) is 0 Å². The predicted molar refractivity (Wildman–Crippen MR) is 111 cm³/mol. The van der Waals surface area contributed by atoms with Gasteiger partial charge in [-0.1, -0.05) is 59.8 Å². The molecule has 6 nitrogen and oxygen atoms in total. The molecule has 3 heterocycles. The molecule has 0 spiro atoms. The molecule has 6 heteroatoms. The standard InChI is InChI=1S/C23H30N4O2/c1-14(2)19-12-28-22(24-19)18-11-17(10-16-8-6-5-7-9-16)21(27-26-18)23-25-20(13-29-23)15(3)4/h11-16H,5-10H2,1-4H3. The molecule has 0 N–H and O–H groups in total. The Morgan fingerprint density at radius 2 is 1.48 bits per heavy atom. The Labute approximate surface area is 172 Å². The molecule has 3 aromatic rings. The lowest BCUT2D eigenvalue weighted by molar-refractivity contribution is 0.356. The highest BCUT2D eigenvalue weighted by atomic mass is 16.3. The fourth-order valence-electron chi connectivity index (χ4n) is 3.90. The van der Waals surface area contributed by atoms with Crippen molar-refractivity contribution < 1.29 is 8.83 Å². The number of rotatable bonds is 6.